The van der Waals surface area contributed by atoms with Crippen LogP contribution in [0.15, 0.2) is 58.8 Å². The Kier molecular flexibility index (Phi) is 7.51. The van der Waals surface area contributed by atoms with Crippen molar-refractivity contribution in [3.8, 4) is 11.5 Å². The van der Waals surface area contributed by atoms with E-state index in [1.807, 2.05) is 35.6 Å². The summed E-state index contributed by atoms with van der Waals surface area (Å²) in [6.07, 6.45) is 3.33. The maximum atomic E-state index is 5.34. The van der Waals surface area contributed by atoms with E-state index in [1.165, 1.54) is 38.2 Å². The molecule has 1 unspecified atom stereocenters. The Labute approximate surface area is 263 Å². The molecule has 0 bridgehead atoms. The van der Waals surface area contributed by atoms with Crippen molar-refractivity contribution < 1.29 is 9.47 Å². The molecular formula is C32H34N6O2S3. The van der Waals surface area contributed by atoms with Gasteiger partial charge in [-0.1, -0.05) is 68.6 Å². The van der Waals surface area contributed by atoms with Crippen molar-refractivity contribution in [3.63, 3.8) is 0 Å². The molecule has 6 aromatic rings. The number of hydrogen-bond acceptors (Lipinski definition) is 9. The molecule has 1 aliphatic carbocycles. The van der Waals surface area contributed by atoms with Gasteiger partial charge in [-0.3, -0.25) is 0 Å². The molecule has 0 amide bonds. The van der Waals surface area contributed by atoms with Crippen LogP contribution in [0.4, 0.5) is 0 Å². The highest BCUT2D eigenvalue weighted by Crippen LogP contribution is 2.45. The van der Waals surface area contributed by atoms with Gasteiger partial charge in [0.1, 0.15) is 16.3 Å². The van der Waals surface area contributed by atoms with Crippen molar-refractivity contribution in [2.75, 3.05) is 14.2 Å². The summed E-state index contributed by atoms with van der Waals surface area (Å²) in [5.41, 5.74) is 4.97. The molecule has 0 fully saturated rings. The maximum absolute atomic E-state index is 5.34. The first-order valence-corrected chi connectivity index (χ1v) is 17.2. The normalized spacial score (nSPS) is 15.4. The number of methoxy groups -OCH3 is 2. The van der Waals surface area contributed by atoms with Gasteiger partial charge in [-0.2, -0.15) is 0 Å². The van der Waals surface area contributed by atoms with Crippen LogP contribution in [-0.2, 0) is 24.3 Å². The summed E-state index contributed by atoms with van der Waals surface area (Å²) in [4.78, 5) is 2.63. The SMILES string of the molecule is COc1ccc(CSc2nnc3c4c5c(sc4n4c(SCc6ccc(OC)cc6)nnc4n23)CC(C(C)(C)C)CC5)cc1. The number of ether oxygens (including phenoxy) is 2. The number of rotatable bonds is 8. The van der Waals surface area contributed by atoms with Gasteiger partial charge in [0.05, 0.1) is 19.6 Å². The number of nitrogens with zero attached hydrogens (tertiary/aromatic N) is 6. The van der Waals surface area contributed by atoms with Gasteiger partial charge in [0, 0.05) is 16.4 Å². The standard InChI is InChI=1S/C32H34N6O2S3/c1-32(2,3)21-10-15-24-25(16-21)43-28-26(24)27-33-35-30(41-17-19-6-11-22(39-4)12-7-19)37(27)29-34-36-31(38(28)29)42-18-20-8-13-23(40-5)14-9-20/h6-9,11-14,21H,10,15-18H2,1-5H3. The molecule has 1 atom stereocenters. The second-order valence-corrected chi connectivity index (χ2v) is 15.0. The Morgan fingerprint density at radius 3 is 1.98 bits per heavy atom. The number of fused-ring (bicyclic) bond motifs is 8. The monoisotopic (exact) mass is 630 g/mol. The fourth-order valence-electron chi connectivity index (χ4n) is 5.82. The molecule has 0 aliphatic heterocycles. The third-order valence-corrected chi connectivity index (χ3v) is 11.6. The van der Waals surface area contributed by atoms with Crippen LogP contribution in [-0.4, -0.2) is 43.4 Å². The largest absolute Gasteiger partial charge is 0.497 e. The predicted octanol–water partition coefficient (Wildman–Crippen LogP) is 7.74. The van der Waals surface area contributed by atoms with Crippen LogP contribution in [0, 0.1) is 11.3 Å². The molecule has 1 aliphatic rings. The van der Waals surface area contributed by atoms with E-state index in [9.17, 15) is 0 Å². The lowest BCUT2D eigenvalue weighted by Gasteiger charge is -2.33. The number of aryl methyl sites for hydroxylation is 1. The summed E-state index contributed by atoms with van der Waals surface area (Å²) in [5.74, 6) is 4.66. The minimum Gasteiger partial charge on any atom is -0.497 e. The highest BCUT2D eigenvalue weighted by molar-refractivity contribution is 7.98. The van der Waals surface area contributed by atoms with Crippen molar-refractivity contribution in [2.24, 2.45) is 11.3 Å². The third kappa shape index (κ3) is 5.25. The maximum Gasteiger partial charge on any atom is 0.245 e. The number of aromatic nitrogens is 6. The first-order valence-electron chi connectivity index (χ1n) is 14.4. The van der Waals surface area contributed by atoms with Gasteiger partial charge < -0.3 is 9.47 Å². The van der Waals surface area contributed by atoms with Crippen LogP contribution in [0.2, 0.25) is 0 Å². The molecule has 8 nitrogen and oxygen atoms in total. The van der Waals surface area contributed by atoms with Crippen LogP contribution < -0.4 is 9.47 Å². The van der Waals surface area contributed by atoms with E-state index >= 15 is 0 Å². The molecule has 0 radical (unpaired) electrons. The molecule has 4 aromatic heterocycles. The van der Waals surface area contributed by atoms with E-state index in [-0.39, 0.29) is 5.41 Å². The smallest absolute Gasteiger partial charge is 0.245 e. The van der Waals surface area contributed by atoms with E-state index in [0.717, 1.165) is 57.6 Å². The van der Waals surface area contributed by atoms with Gasteiger partial charge in [0.25, 0.3) is 0 Å². The number of hydrogen-bond donors (Lipinski definition) is 0. The van der Waals surface area contributed by atoms with E-state index in [2.05, 4.69) is 53.8 Å². The molecular weight excluding hydrogens is 597 g/mol. The van der Waals surface area contributed by atoms with E-state index < -0.39 is 0 Å². The quantitative estimate of drug-likeness (QED) is 0.158. The summed E-state index contributed by atoms with van der Waals surface area (Å²) < 4.78 is 15.0. The van der Waals surface area contributed by atoms with Crippen molar-refractivity contribution in [3.05, 3.63) is 70.1 Å². The molecule has 11 heteroatoms. The Hall–Kier alpha value is -3.28. The zero-order chi connectivity index (χ0) is 29.7. The molecule has 43 heavy (non-hydrogen) atoms. The molecule has 7 rings (SSSR count). The molecule has 222 valence electrons. The fourth-order valence-corrected chi connectivity index (χ4v) is 9.07. The first-order chi connectivity index (χ1) is 20.8. The van der Waals surface area contributed by atoms with Crippen LogP contribution in [0.1, 0.15) is 48.8 Å². The summed E-state index contributed by atoms with van der Waals surface area (Å²) in [5, 5.41) is 21.8. The Bertz CT molecular complexity index is 1920. The van der Waals surface area contributed by atoms with Gasteiger partial charge in [0.15, 0.2) is 16.0 Å². The van der Waals surface area contributed by atoms with E-state index in [0.29, 0.717) is 5.92 Å². The van der Waals surface area contributed by atoms with Crippen LogP contribution in [0.3, 0.4) is 0 Å². The van der Waals surface area contributed by atoms with Gasteiger partial charge in [-0.15, -0.1) is 31.7 Å². The van der Waals surface area contributed by atoms with Gasteiger partial charge in [0.2, 0.25) is 5.78 Å². The molecule has 2 aromatic carbocycles. The van der Waals surface area contributed by atoms with Gasteiger partial charge >= 0.3 is 0 Å². The molecule has 0 N–H and O–H groups in total. The minimum absolute atomic E-state index is 0.272. The summed E-state index contributed by atoms with van der Waals surface area (Å²) >= 11 is 5.25. The van der Waals surface area contributed by atoms with Gasteiger partial charge in [-0.25, -0.2) is 8.80 Å². The Balaban J connectivity index is 1.33. The average molecular weight is 631 g/mol. The minimum atomic E-state index is 0.272. The highest BCUT2D eigenvalue weighted by atomic mass is 32.2. The number of thiophene rings is 1. The second kappa shape index (κ2) is 11.3. The molecule has 0 saturated carbocycles. The number of benzene rings is 2. The zero-order valence-electron chi connectivity index (χ0n) is 25.0. The van der Waals surface area contributed by atoms with E-state index in [4.69, 9.17) is 29.9 Å². The lowest BCUT2D eigenvalue weighted by atomic mass is 9.72. The highest BCUT2D eigenvalue weighted by Gasteiger charge is 2.33. The number of thioether (sulfide) groups is 2. The van der Waals surface area contributed by atoms with Crippen LogP contribution >= 0.6 is 34.9 Å². The van der Waals surface area contributed by atoms with Gasteiger partial charge in [-0.05, 0) is 71.6 Å². The summed E-state index contributed by atoms with van der Waals surface area (Å²) in [7, 11) is 3.38. The Morgan fingerprint density at radius 1 is 0.814 bits per heavy atom. The van der Waals surface area contributed by atoms with Crippen molar-refractivity contribution in [1.29, 1.82) is 0 Å². The molecule has 0 saturated heterocycles. The zero-order valence-corrected chi connectivity index (χ0v) is 27.4. The summed E-state index contributed by atoms with van der Waals surface area (Å²) in [6.45, 7) is 7.10. The topological polar surface area (TPSA) is 78.8 Å². The molecule has 0 spiro atoms. The Morgan fingerprint density at radius 2 is 1.40 bits per heavy atom. The molecule has 4 heterocycles. The lowest BCUT2D eigenvalue weighted by molar-refractivity contribution is 0.218. The summed E-state index contributed by atoms with van der Waals surface area (Å²) in [6, 6.07) is 16.4. The lowest BCUT2D eigenvalue weighted by Crippen LogP contribution is -2.26. The van der Waals surface area contributed by atoms with E-state index in [1.54, 1.807) is 37.7 Å². The predicted molar refractivity (Wildman–Crippen MR) is 175 cm³/mol. The average Bonchev–Trinajstić information content (AvgIpc) is 3.73. The van der Waals surface area contributed by atoms with Crippen molar-refractivity contribution in [1.82, 2.24) is 29.2 Å². The van der Waals surface area contributed by atoms with Crippen LogP contribution in [0.5, 0.6) is 11.5 Å². The van der Waals surface area contributed by atoms with Crippen molar-refractivity contribution >= 4 is 56.5 Å². The van der Waals surface area contributed by atoms with Crippen LogP contribution in [0.25, 0.3) is 21.6 Å². The fraction of sp³-hybridized carbons (Fsp3) is 0.375. The van der Waals surface area contributed by atoms with Crippen molar-refractivity contribution in [2.45, 2.75) is 61.9 Å². The second-order valence-electron chi connectivity index (χ2n) is 12.0. The first kappa shape index (κ1) is 28.5. The third-order valence-electron chi connectivity index (χ3n) is 8.40.